The summed E-state index contributed by atoms with van der Waals surface area (Å²) in [7, 11) is 6.89. The Morgan fingerprint density at radius 3 is 1.67 bits per heavy atom. The minimum atomic E-state index is -1.98. The van der Waals surface area contributed by atoms with E-state index in [9.17, 15) is 0 Å². The second kappa shape index (κ2) is 9.80. The minimum absolute atomic E-state index is 0.383. The first-order valence-electron chi connectivity index (χ1n) is 5.77. The zero-order chi connectivity index (χ0) is 11.7. The van der Waals surface area contributed by atoms with E-state index in [1.165, 1.54) is 28.1 Å². The van der Waals surface area contributed by atoms with Crippen LogP contribution < -0.4 is 5.73 Å². The molecule has 0 saturated carbocycles. The monoisotopic (exact) mass is 375 g/mol. The van der Waals surface area contributed by atoms with Crippen LogP contribution in [0, 0.1) is 0 Å². The van der Waals surface area contributed by atoms with Crippen molar-refractivity contribution in [2.45, 2.75) is 44.6 Å². The van der Waals surface area contributed by atoms with Crippen molar-refractivity contribution >= 4 is 41.1 Å². The number of nitrogens with two attached hydrogens (primary N) is 1. The molecule has 0 aromatic heterocycles. The maximum atomic E-state index is 5.89. The van der Waals surface area contributed by atoms with E-state index in [0.717, 1.165) is 0 Å². The molecule has 0 saturated heterocycles. The zero-order valence-corrected chi connectivity index (χ0v) is 15.7. The molecule has 0 aromatic rings. The van der Waals surface area contributed by atoms with Crippen molar-refractivity contribution in [3.8, 4) is 0 Å². The third-order valence-electron chi connectivity index (χ3n) is 2.00. The van der Waals surface area contributed by atoms with E-state index in [1.54, 1.807) is 0 Å². The van der Waals surface area contributed by atoms with Crippen LogP contribution in [-0.2, 0) is 0 Å². The summed E-state index contributed by atoms with van der Waals surface area (Å²) < 4.78 is 1.43. The molecule has 15 heavy (non-hydrogen) atoms. The van der Waals surface area contributed by atoms with Crippen LogP contribution in [0.25, 0.3) is 0 Å². The van der Waals surface area contributed by atoms with Crippen molar-refractivity contribution in [1.82, 2.24) is 0 Å². The van der Waals surface area contributed by atoms with Gasteiger partial charge in [-0.25, -0.2) is 0 Å². The molecule has 0 radical (unpaired) electrons. The van der Waals surface area contributed by atoms with E-state index < -0.39 is 14.2 Å². The molecule has 1 atom stereocenters. The first-order chi connectivity index (χ1) is 7.10. The van der Waals surface area contributed by atoms with Crippen LogP contribution in [0.1, 0.15) is 34.1 Å². The van der Waals surface area contributed by atoms with Gasteiger partial charge < -0.3 is 0 Å². The van der Waals surface area contributed by atoms with E-state index in [-0.39, 0.29) is 0 Å². The van der Waals surface area contributed by atoms with Gasteiger partial charge in [0.1, 0.15) is 0 Å². The van der Waals surface area contributed by atoms with Crippen molar-refractivity contribution in [2.75, 3.05) is 17.3 Å². The molecule has 1 nitrogen and oxygen atoms in total. The van der Waals surface area contributed by atoms with Gasteiger partial charge in [-0.2, -0.15) is 0 Å². The SMILES string of the molecule is CC[S][Sn]([CH2]CC(C)N)([S]CC)[S]CC. The van der Waals surface area contributed by atoms with Gasteiger partial charge >= 0.3 is 109 Å². The van der Waals surface area contributed by atoms with Gasteiger partial charge in [-0.05, 0) is 0 Å². The van der Waals surface area contributed by atoms with E-state index in [4.69, 9.17) is 5.73 Å². The molecule has 5 heteroatoms. The summed E-state index contributed by atoms with van der Waals surface area (Å²) >= 11 is -1.98. The van der Waals surface area contributed by atoms with Crippen molar-refractivity contribution in [1.29, 1.82) is 0 Å². The van der Waals surface area contributed by atoms with Crippen molar-refractivity contribution < 1.29 is 0 Å². The number of rotatable bonds is 9. The normalized spacial score (nSPS) is 14.2. The Morgan fingerprint density at radius 1 is 1.00 bits per heavy atom. The molecular weight excluding hydrogens is 349 g/mol. The molecule has 0 amide bonds. The summed E-state index contributed by atoms with van der Waals surface area (Å²) in [4.78, 5) is 0. The van der Waals surface area contributed by atoms with E-state index in [1.807, 2.05) is 0 Å². The standard InChI is InChI=1S/C4H10N.3C2H6S.Sn/c1-3-4(2)5;3*1-2-3;/h4H,1,3,5H2,2H3;3*3H,2H2,1H3;/q;;;;+3/p-3. The summed E-state index contributed by atoms with van der Waals surface area (Å²) in [6, 6.07) is 0.383. The molecule has 0 aliphatic heterocycles. The molecule has 0 bridgehead atoms. The summed E-state index contributed by atoms with van der Waals surface area (Å²) in [6.45, 7) is 9.04. The molecular formula is C10H25NS3Sn. The molecule has 92 valence electrons. The molecule has 0 heterocycles. The van der Waals surface area contributed by atoms with Gasteiger partial charge in [-0.15, -0.1) is 0 Å². The molecule has 0 aromatic carbocycles. The van der Waals surface area contributed by atoms with Crippen LogP contribution in [0.5, 0.6) is 0 Å². The van der Waals surface area contributed by atoms with Gasteiger partial charge in [0, 0.05) is 0 Å². The van der Waals surface area contributed by atoms with Crippen molar-refractivity contribution in [3.05, 3.63) is 0 Å². The first-order valence-corrected chi connectivity index (χ1v) is 21.2. The molecule has 0 fully saturated rings. The van der Waals surface area contributed by atoms with Gasteiger partial charge in [0.2, 0.25) is 0 Å². The summed E-state index contributed by atoms with van der Waals surface area (Å²) in [5.74, 6) is 3.86. The van der Waals surface area contributed by atoms with Crippen LogP contribution in [0.4, 0.5) is 0 Å². The third kappa shape index (κ3) is 7.68. The second-order valence-electron chi connectivity index (χ2n) is 3.50. The Kier molecular flexibility index (Phi) is 11.0. The molecule has 0 aliphatic rings. The summed E-state index contributed by atoms with van der Waals surface area (Å²) in [6.07, 6.45) is 1.23. The Bertz CT molecular complexity index is 139. The fourth-order valence-corrected chi connectivity index (χ4v) is 44.5. The Hall–Kier alpha value is 1.81. The fourth-order valence-electron chi connectivity index (χ4n) is 1.41. The summed E-state index contributed by atoms with van der Waals surface area (Å²) in [5.41, 5.74) is 5.89. The van der Waals surface area contributed by atoms with Crippen LogP contribution >= 0.6 is 26.8 Å². The van der Waals surface area contributed by atoms with E-state index >= 15 is 0 Å². The van der Waals surface area contributed by atoms with Crippen LogP contribution in [0.2, 0.25) is 4.44 Å². The first kappa shape index (κ1) is 16.8. The van der Waals surface area contributed by atoms with E-state index in [2.05, 4.69) is 54.5 Å². The topological polar surface area (TPSA) is 26.0 Å². The Morgan fingerprint density at radius 2 is 1.40 bits per heavy atom. The second-order valence-corrected chi connectivity index (χ2v) is 38.1. The van der Waals surface area contributed by atoms with E-state index in [0.29, 0.717) is 6.04 Å². The Labute approximate surface area is 108 Å². The number of hydrogen-bond donors (Lipinski definition) is 1. The maximum absolute atomic E-state index is 5.89. The Balaban J connectivity index is 4.31. The van der Waals surface area contributed by atoms with Crippen molar-refractivity contribution in [3.63, 3.8) is 0 Å². The zero-order valence-electron chi connectivity index (χ0n) is 10.4. The van der Waals surface area contributed by atoms with Crippen molar-refractivity contribution in [2.24, 2.45) is 5.73 Å². The van der Waals surface area contributed by atoms with Gasteiger partial charge in [0.15, 0.2) is 0 Å². The molecule has 2 N–H and O–H groups in total. The number of hydrogen-bond acceptors (Lipinski definition) is 4. The average molecular weight is 374 g/mol. The van der Waals surface area contributed by atoms with Gasteiger partial charge in [0.05, 0.1) is 0 Å². The van der Waals surface area contributed by atoms with Crippen LogP contribution in [0.15, 0.2) is 0 Å². The molecule has 0 aliphatic carbocycles. The van der Waals surface area contributed by atoms with Crippen LogP contribution in [0.3, 0.4) is 0 Å². The third-order valence-corrected chi connectivity index (χ3v) is 43.8. The average Bonchev–Trinajstić information content (AvgIpc) is 2.16. The quantitative estimate of drug-likeness (QED) is 0.619. The van der Waals surface area contributed by atoms with Crippen LogP contribution in [-0.4, -0.2) is 37.5 Å². The van der Waals surface area contributed by atoms with Gasteiger partial charge in [0.25, 0.3) is 0 Å². The molecule has 0 rings (SSSR count). The van der Waals surface area contributed by atoms with Gasteiger partial charge in [-0.1, -0.05) is 0 Å². The van der Waals surface area contributed by atoms with Gasteiger partial charge in [-0.3, -0.25) is 0 Å². The molecule has 1 unspecified atom stereocenters. The predicted molar refractivity (Wildman–Crippen MR) is 83.2 cm³/mol. The molecule has 0 spiro atoms. The fraction of sp³-hybridized carbons (Fsp3) is 1.00. The summed E-state index contributed by atoms with van der Waals surface area (Å²) in [5, 5.41) is 0. The predicted octanol–water partition coefficient (Wildman–Crippen LogP) is 3.92.